The normalized spacial score (nSPS) is 31.4. The third-order valence-electron chi connectivity index (χ3n) is 18.6. The van der Waals surface area contributed by atoms with E-state index < -0.39 is 88.7 Å². The number of ether oxygens (including phenoxy) is 4. The Balaban J connectivity index is 0.944. The van der Waals surface area contributed by atoms with Gasteiger partial charge in [-0.3, -0.25) is 14.2 Å². The van der Waals surface area contributed by atoms with Crippen LogP contribution in [0.25, 0.3) is 0 Å². The van der Waals surface area contributed by atoms with Crippen LogP contribution in [-0.2, 0) is 55.4 Å². The highest BCUT2D eigenvalue weighted by Gasteiger charge is 2.79. The Kier molecular flexibility index (Phi) is 16.0. The van der Waals surface area contributed by atoms with Crippen molar-refractivity contribution in [2.45, 2.75) is 152 Å². The van der Waals surface area contributed by atoms with Crippen LogP contribution in [0.1, 0.15) is 128 Å². The zero-order valence-electron chi connectivity index (χ0n) is 48.7. The molecule has 12 nitrogen and oxygen atoms in total. The Hall–Kier alpha value is -4.92. The molecule has 5 fully saturated rings. The van der Waals surface area contributed by atoms with Crippen LogP contribution in [0.3, 0.4) is 0 Å². The lowest BCUT2D eigenvalue weighted by molar-refractivity contribution is -0.236. The van der Waals surface area contributed by atoms with Crippen molar-refractivity contribution in [2.75, 3.05) is 38.0 Å². The number of fused-ring (bicyclic) bond motifs is 7. The van der Waals surface area contributed by atoms with E-state index in [0.29, 0.717) is 54.7 Å². The van der Waals surface area contributed by atoms with Crippen molar-refractivity contribution >= 4 is 35.9 Å². The fraction of sp³-hybridized carbons (Fsp3) is 0.530. The molecule has 2 heterocycles. The molecule has 1 amide bonds. The van der Waals surface area contributed by atoms with Gasteiger partial charge in [0, 0.05) is 47.1 Å². The Morgan fingerprint density at radius 2 is 1.46 bits per heavy atom. The second-order valence-corrected chi connectivity index (χ2v) is 31.3. The van der Waals surface area contributed by atoms with Crippen molar-refractivity contribution in [1.82, 2.24) is 4.90 Å². The molecule has 15 heteroatoms. The van der Waals surface area contributed by atoms with E-state index in [-0.39, 0.29) is 48.0 Å². The van der Waals surface area contributed by atoms with Crippen LogP contribution in [0.15, 0.2) is 133 Å². The van der Waals surface area contributed by atoms with Gasteiger partial charge in [-0.2, -0.15) is 0 Å². The molecule has 3 saturated carbocycles. The van der Waals surface area contributed by atoms with Crippen LogP contribution in [-0.4, -0.2) is 112 Å². The number of alkyl halides is 1. The number of carbonyl (C=O) groups is 3. The Morgan fingerprint density at radius 1 is 0.864 bits per heavy atom. The minimum Gasteiger partial charge on any atom is -0.444 e. The van der Waals surface area contributed by atoms with Crippen molar-refractivity contribution in [1.29, 1.82) is 0 Å². The van der Waals surface area contributed by atoms with Gasteiger partial charge in [0.15, 0.2) is 29.1 Å². The molecular weight excluding hydrogens is 1060 g/mol. The molecule has 4 aliphatic carbocycles. The highest BCUT2D eigenvalue weighted by molar-refractivity contribution is 7.96. The summed E-state index contributed by atoms with van der Waals surface area (Å²) >= 11 is 0. The summed E-state index contributed by atoms with van der Waals surface area (Å²) in [5, 5.41) is 24.3. The molecule has 6 aliphatic rings. The van der Waals surface area contributed by atoms with Gasteiger partial charge in [0.25, 0.3) is 0 Å². The predicted octanol–water partition coefficient (Wildman–Crippen LogP) is 12.2. The lowest BCUT2D eigenvalue weighted by Gasteiger charge is -2.62. The minimum absolute atomic E-state index is 0.0107. The van der Waals surface area contributed by atoms with Gasteiger partial charge >= 0.3 is 6.09 Å². The monoisotopic (exact) mass is 1150 g/mol. The van der Waals surface area contributed by atoms with Crippen molar-refractivity contribution in [2.24, 2.45) is 28.6 Å². The molecule has 2 saturated heterocycles. The Morgan fingerprint density at radius 3 is 2.01 bits per heavy atom. The molecule has 10 rings (SSSR count). The summed E-state index contributed by atoms with van der Waals surface area (Å²) in [5.41, 5.74) is -4.08. The maximum Gasteiger partial charge on any atom is 0.410 e. The van der Waals surface area contributed by atoms with Crippen molar-refractivity contribution in [3.8, 4) is 5.75 Å². The molecule has 4 aromatic rings. The number of aliphatic hydroxyl groups excluding tert-OH is 2. The smallest absolute Gasteiger partial charge is 0.410 e. The predicted molar refractivity (Wildman–Crippen MR) is 314 cm³/mol. The van der Waals surface area contributed by atoms with Gasteiger partial charge < -0.3 is 38.6 Å². The number of ketones is 2. The molecule has 0 aromatic heterocycles. The molecular formula is C66H82FNO11PS+. The minimum atomic E-state index is -2.99. The second-order valence-electron chi connectivity index (χ2n) is 26.3. The molecule has 0 spiro atoms. The highest BCUT2D eigenvalue weighted by atomic mass is 32.2. The second kappa shape index (κ2) is 21.9. The van der Waals surface area contributed by atoms with Gasteiger partial charge in [0.2, 0.25) is 7.37 Å². The van der Waals surface area contributed by atoms with Crippen LogP contribution >= 0.6 is 7.37 Å². The number of hydrogen-bond acceptors (Lipinski definition) is 11. The molecule has 1 unspecified atom stereocenters. The molecule has 81 heavy (non-hydrogen) atoms. The SMILES string of the molecule is CC(C)(C)OC(=O)N(CC(O)c1ccc(OP(C)(C)=O)c(C[S+]2CCC([C@@H]3O[C@@H]4C[C@H]5[C@@H]6CCC7=CC(=O)C=C[C@]7(C)[C@@]6(F)[C@@H](O)C[C@]5(C)[C@]4(C(=O)COC(c4ccccc4)(c4ccccc4)c4ccccc4)O3)CC2)c1)C(C)(C)C. The van der Waals surface area contributed by atoms with Crippen molar-refractivity contribution in [3.05, 3.63) is 161 Å². The van der Waals surface area contributed by atoms with E-state index in [1.807, 2.05) is 146 Å². The van der Waals surface area contributed by atoms with E-state index >= 15 is 9.18 Å². The van der Waals surface area contributed by atoms with E-state index in [0.717, 1.165) is 33.8 Å². The number of halogens is 1. The number of nitrogens with zero attached hydrogens (tertiary/aromatic N) is 1. The zero-order valence-corrected chi connectivity index (χ0v) is 50.4. The summed E-state index contributed by atoms with van der Waals surface area (Å²) in [6.45, 7) is 17.7. The largest absolute Gasteiger partial charge is 0.444 e. The van der Waals surface area contributed by atoms with Gasteiger partial charge in [0.05, 0.1) is 24.9 Å². The average Bonchev–Trinajstić information content (AvgIpc) is 1.74. The Labute approximate surface area is 481 Å². The maximum atomic E-state index is 18.6. The molecule has 2 N–H and O–H groups in total. The third-order valence-corrected chi connectivity index (χ3v) is 21.6. The fourth-order valence-electron chi connectivity index (χ4n) is 14.7. The van der Waals surface area contributed by atoms with Crippen molar-refractivity contribution in [3.63, 3.8) is 0 Å². The van der Waals surface area contributed by atoms with E-state index in [1.165, 1.54) is 17.1 Å². The van der Waals surface area contributed by atoms with E-state index in [2.05, 4.69) is 0 Å². The van der Waals surface area contributed by atoms with E-state index in [9.17, 15) is 24.4 Å². The van der Waals surface area contributed by atoms with E-state index in [4.69, 9.17) is 23.5 Å². The number of carbonyl (C=O) groups excluding carboxylic acids is 3. The van der Waals surface area contributed by atoms with Crippen LogP contribution in [0.4, 0.5) is 9.18 Å². The number of benzene rings is 4. The van der Waals surface area contributed by atoms with Gasteiger partial charge in [-0.1, -0.05) is 116 Å². The summed E-state index contributed by atoms with van der Waals surface area (Å²) < 4.78 is 65.6. The van der Waals surface area contributed by atoms with Crippen LogP contribution in [0, 0.1) is 28.6 Å². The molecule has 2 aliphatic heterocycles. The lowest BCUT2D eigenvalue weighted by Crippen LogP contribution is -2.70. The third kappa shape index (κ3) is 10.8. The fourth-order valence-corrected chi connectivity index (χ4v) is 17.8. The van der Waals surface area contributed by atoms with E-state index in [1.54, 1.807) is 38.5 Å². The quantitative estimate of drug-likeness (QED) is 0.0663. The summed E-state index contributed by atoms with van der Waals surface area (Å²) in [6.07, 6.45) is 2.56. The number of aliphatic hydroxyl groups is 2. The van der Waals surface area contributed by atoms with Gasteiger partial charge in [-0.05, 0) is 150 Å². The molecule has 4 aromatic carbocycles. The van der Waals surface area contributed by atoms with Gasteiger partial charge in [-0.25, -0.2) is 9.18 Å². The summed E-state index contributed by atoms with van der Waals surface area (Å²) in [7, 11) is -3.18. The van der Waals surface area contributed by atoms with Crippen LogP contribution in [0.5, 0.6) is 5.75 Å². The highest BCUT2D eigenvalue weighted by Crippen LogP contribution is 2.72. The average molecular weight is 1150 g/mol. The number of Topliss-reactive ketones (excluding diaryl/α,β-unsaturated/α-hetero) is 1. The number of β-amino-alcohol motifs (C(OH)–C–C–N with tert-alkyl or cyclic N) is 1. The standard InChI is InChI=1S/C66H82FNO11PS/c1-60(2,3)68(59(73)78-61(4,5)6)40-53(70)44-26-29-54(79-80(9,10)74)45(36-44)42-81-34-31-43(32-35-81)58-76-57-38-52-51-28-27-49-37-50(69)30-33-62(49,7)65(51,67)55(71)39-63(52,8)66(57,77-58)56(72)41-75-64(46-20-14-11-15-21-46,47-22-16-12-17-23-47)48-24-18-13-19-25-48/h11-26,29-30,33,36-37,43,51-53,55,57-58,70-71H,27-28,31-32,34-35,38-42H2,1-10H3/q+1/t43?,51-,52-,53?,55-,57+,58+,62-,63-,65-,66+,81?/m0/s1. The zero-order chi connectivity index (χ0) is 58.1. The summed E-state index contributed by atoms with van der Waals surface area (Å²) in [6, 6.07) is 35.1. The number of allylic oxidation sites excluding steroid dienone is 4. The van der Waals surface area contributed by atoms with Crippen molar-refractivity contribution < 1.29 is 57.0 Å². The van der Waals surface area contributed by atoms with Gasteiger partial charge in [0.1, 0.15) is 40.8 Å². The topological polar surface area (TPSA) is 158 Å². The van der Waals surface area contributed by atoms with Crippen LogP contribution < -0.4 is 4.52 Å². The molecule has 434 valence electrons. The Bertz CT molecular complexity index is 3000. The molecule has 10 atom stereocenters. The summed E-state index contributed by atoms with van der Waals surface area (Å²) in [5.74, 6) is 0.977. The van der Waals surface area contributed by atoms with Crippen LogP contribution in [0.2, 0.25) is 0 Å². The number of amides is 1. The first kappa shape index (κ1) is 59.2. The summed E-state index contributed by atoms with van der Waals surface area (Å²) in [4.78, 5) is 43.8. The first-order chi connectivity index (χ1) is 38.1. The van der Waals surface area contributed by atoms with Gasteiger partial charge in [-0.15, -0.1) is 0 Å². The first-order valence-corrected chi connectivity index (χ1v) is 33.1. The lowest BCUT2D eigenvalue weighted by atomic mass is 9.44. The number of hydrogen-bond donors (Lipinski definition) is 2. The number of rotatable bonds is 15. The maximum absolute atomic E-state index is 18.6. The molecule has 0 radical (unpaired) electrons. The molecule has 0 bridgehead atoms. The first-order valence-electron chi connectivity index (χ1n) is 28.8.